The molecule has 8 nitrogen and oxygen atoms in total. The highest BCUT2D eigenvalue weighted by Gasteiger charge is 2.34. The fraction of sp³-hybridized carbons (Fsp3) is 0.286. The summed E-state index contributed by atoms with van der Waals surface area (Å²) >= 11 is 0. The summed E-state index contributed by atoms with van der Waals surface area (Å²) in [6, 6.07) is 16.4. The molecule has 1 saturated heterocycles. The molecule has 1 fully saturated rings. The summed E-state index contributed by atoms with van der Waals surface area (Å²) < 4.78 is 35.6. The Morgan fingerprint density at radius 2 is 1.81 bits per heavy atom. The monoisotopic (exact) mass is 519 g/mol. The van der Waals surface area contributed by atoms with Gasteiger partial charge in [0, 0.05) is 48.5 Å². The molecule has 0 amide bonds. The van der Waals surface area contributed by atoms with Gasteiger partial charge in [0.05, 0.1) is 11.0 Å². The minimum atomic E-state index is -3.66. The molecular weight excluding hydrogens is 490 g/mol. The molecule has 1 aliphatic rings. The van der Waals surface area contributed by atoms with Gasteiger partial charge < -0.3 is 14.4 Å². The van der Waals surface area contributed by atoms with Gasteiger partial charge in [0.2, 0.25) is 10.0 Å². The minimum absolute atomic E-state index is 0.00540. The molecule has 192 valence electrons. The second kappa shape index (κ2) is 9.99. The molecule has 2 aromatic carbocycles. The Hall–Kier alpha value is -3.69. The van der Waals surface area contributed by atoms with Crippen LogP contribution in [0.5, 0.6) is 5.75 Å². The third-order valence-corrected chi connectivity index (χ3v) is 8.54. The molecular formula is C28H29N3O5S. The molecule has 0 bridgehead atoms. The molecule has 0 spiro atoms. The zero-order valence-corrected chi connectivity index (χ0v) is 21.6. The van der Waals surface area contributed by atoms with Gasteiger partial charge in [0.25, 0.3) is 0 Å². The third-order valence-electron chi connectivity index (χ3n) is 6.66. The Morgan fingerprint density at radius 3 is 2.49 bits per heavy atom. The van der Waals surface area contributed by atoms with Crippen LogP contribution in [0.4, 0.5) is 0 Å². The second-order valence-corrected chi connectivity index (χ2v) is 11.5. The first kappa shape index (κ1) is 25.0. The van der Waals surface area contributed by atoms with Gasteiger partial charge in [-0.05, 0) is 79.4 Å². The average molecular weight is 520 g/mol. The predicted octanol–water partition coefficient (Wildman–Crippen LogP) is 4.75. The lowest BCUT2D eigenvalue weighted by molar-refractivity contribution is -0.137. The lowest BCUT2D eigenvalue weighted by Gasteiger charge is -2.17. The zero-order chi connectivity index (χ0) is 26.2. The van der Waals surface area contributed by atoms with E-state index in [4.69, 9.17) is 4.74 Å². The number of hydrogen-bond acceptors (Lipinski definition) is 5. The molecule has 1 unspecified atom stereocenters. The topological polar surface area (TPSA) is 102 Å². The molecule has 0 aliphatic carbocycles. The van der Waals surface area contributed by atoms with E-state index in [0.29, 0.717) is 25.3 Å². The van der Waals surface area contributed by atoms with E-state index >= 15 is 0 Å². The fourth-order valence-corrected chi connectivity index (χ4v) is 6.46. The number of sulfonamides is 1. The van der Waals surface area contributed by atoms with Crippen LogP contribution in [-0.4, -0.2) is 52.5 Å². The van der Waals surface area contributed by atoms with E-state index < -0.39 is 16.0 Å². The van der Waals surface area contributed by atoms with Crippen molar-refractivity contribution < 1.29 is 23.1 Å². The number of ether oxygens (including phenoxy) is 1. The van der Waals surface area contributed by atoms with Crippen LogP contribution >= 0.6 is 0 Å². The smallest absolute Gasteiger partial charge is 0.323 e. The summed E-state index contributed by atoms with van der Waals surface area (Å²) in [5.74, 6) is -0.341. The Labute approximate surface area is 216 Å². The van der Waals surface area contributed by atoms with Crippen molar-refractivity contribution in [2.75, 3.05) is 13.1 Å². The number of carboxylic acids is 1. The van der Waals surface area contributed by atoms with E-state index in [1.165, 1.54) is 4.31 Å². The van der Waals surface area contributed by atoms with Gasteiger partial charge in [-0.3, -0.25) is 9.78 Å². The fourth-order valence-electron chi connectivity index (χ4n) is 4.96. The molecule has 9 heteroatoms. The highest BCUT2D eigenvalue weighted by molar-refractivity contribution is 7.89. The van der Waals surface area contributed by atoms with Crippen LogP contribution in [0, 0.1) is 0 Å². The summed E-state index contributed by atoms with van der Waals surface area (Å²) in [6.45, 7) is 4.41. The highest BCUT2D eigenvalue weighted by atomic mass is 32.2. The molecule has 3 heterocycles. The van der Waals surface area contributed by atoms with E-state index in [-0.39, 0.29) is 23.5 Å². The van der Waals surface area contributed by atoms with Crippen molar-refractivity contribution in [1.29, 1.82) is 0 Å². The highest BCUT2D eigenvalue weighted by Crippen LogP contribution is 2.37. The Balaban J connectivity index is 1.44. The first-order valence-corrected chi connectivity index (χ1v) is 13.7. The molecule has 1 aliphatic heterocycles. The van der Waals surface area contributed by atoms with Crippen LogP contribution in [0.15, 0.2) is 78.1 Å². The van der Waals surface area contributed by atoms with Crippen LogP contribution in [-0.2, 0) is 21.4 Å². The number of fused-ring (bicyclic) bond motifs is 1. The molecule has 0 saturated carbocycles. The van der Waals surface area contributed by atoms with Crippen molar-refractivity contribution in [1.82, 2.24) is 13.9 Å². The number of rotatable bonds is 8. The number of carbonyl (C=O) groups is 1. The molecule has 4 aromatic rings. The van der Waals surface area contributed by atoms with Crippen LogP contribution < -0.4 is 4.74 Å². The number of benzene rings is 2. The largest absolute Gasteiger partial charge is 0.491 e. The molecule has 5 rings (SSSR count). The Morgan fingerprint density at radius 1 is 1.08 bits per heavy atom. The maximum Gasteiger partial charge on any atom is 0.323 e. The van der Waals surface area contributed by atoms with Crippen molar-refractivity contribution in [3.63, 3.8) is 0 Å². The summed E-state index contributed by atoms with van der Waals surface area (Å²) in [7, 11) is -3.66. The van der Waals surface area contributed by atoms with E-state index in [2.05, 4.69) is 4.98 Å². The Bertz CT molecular complexity index is 1530. The van der Waals surface area contributed by atoms with Gasteiger partial charge in [-0.15, -0.1) is 0 Å². The summed E-state index contributed by atoms with van der Waals surface area (Å²) in [6.07, 6.45) is 5.98. The zero-order valence-electron chi connectivity index (χ0n) is 20.7. The molecule has 0 radical (unpaired) electrons. The van der Waals surface area contributed by atoms with Crippen molar-refractivity contribution >= 4 is 26.9 Å². The predicted molar refractivity (Wildman–Crippen MR) is 141 cm³/mol. The number of carboxylic acid groups (broad SMARTS) is 1. The first-order chi connectivity index (χ1) is 17.7. The SMILES string of the molecule is CC(C)Oc1ccc(S(=O)(=O)N2CCC(c3cn(CC(=O)O)c4cc(-c5ccncc5)ccc34)C2)cc1. The number of nitrogens with zero attached hydrogens (tertiary/aromatic N) is 3. The third kappa shape index (κ3) is 5.10. The maximum atomic E-state index is 13.4. The first-order valence-electron chi connectivity index (χ1n) is 12.2. The number of aromatic nitrogens is 2. The Kier molecular flexibility index (Phi) is 6.74. The van der Waals surface area contributed by atoms with Crippen LogP contribution in [0.2, 0.25) is 0 Å². The second-order valence-electron chi connectivity index (χ2n) is 9.56. The van der Waals surface area contributed by atoms with E-state index in [0.717, 1.165) is 27.6 Å². The van der Waals surface area contributed by atoms with Gasteiger partial charge in [0.1, 0.15) is 12.3 Å². The van der Waals surface area contributed by atoms with Crippen LogP contribution in [0.25, 0.3) is 22.0 Å². The number of pyridine rings is 1. The summed E-state index contributed by atoms with van der Waals surface area (Å²) in [5, 5.41) is 10.4. The summed E-state index contributed by atoms with van der Waals surface area (Å²) in [5.41, 5.74) is 3.74. The van der Waals surface area contributed by atoms with Crippen molar-refractivity contribution in [3.05, 3.63) is 78.8 Å². The normalized spacial score (nSPS) is 16.5. The number of hydrogen-bond donors (Lipinski definition) is 1. The molecule has 1 N–H and O–H groups in total. The van der Waals surface area contributed by atoms with Gasteiger partial charge in [-0.1, -0.05) is 12.1 Å². The van der Waals surface area contributed by atoms with Gasteiger partial charge in [-0.25, -0.2) is 8.42 Å². The minimum Gasteiger partial charge on any atom is -0.491 e. The van der Waals surface area contributed by atoms with Gasteiger partial charge in [0.15, 0.2) is 0 Å². The summed E-state index contributed by atoms with van der Waals surface area (Å²) in [4.78, 5) is 15.9. The van der Waals surface area contributed by atoms with Crippen LogP contribution in [0.1, 0.15) is 31.7 Å². The van der Waals surface area contributed by atoms with Gasteiger partial charge in [-0.2, -0.15) is 4.31 Å². The lowest BCUT2D eigenvalue weighted by atomic mass is 9.96. The lowest BCUT2D eigenvalue weighted by Crippen LogP contribution is -2.28. The van der Waals surface area contributed by atoms with E-state index in [9.17, 15) is 18.3 Å². The van der Waals surface area contributed by atoms with Crippen molar-refractivity contribution in [2.24, 2.45) is 0 Å². The van der Waals surface area contributed by atoms with E-state index in [1.807, 2.05) is 50.4 Å². The molecule has 1 atom stereocenters. The van der Waals surface area contributed by atoms with Crippen LogP contribution in [0.3, 0.4) is 0 Å². The van der Waals surface area contributed by atoms with E-state index in [1.54, 1.807) is 41.2 Å². The molecule has 37 heavy (non-hydrogen) atoms. The van der Waals surface area contributed by atoms with Crippen molar-refractivity contribution in [3.8, 4) is 16.9 Å². The van der Waals surface area contributed by atoms with Gasteiger partial charge >= 0.3 is 5.97 Å². The molecule has 2 aromatic heterocycles. The maximum absolute atomic E-state index is 13.4. The standard InChI is InChI=1S/C28H29N3O5S/c1-19(2)36-23-4-6-24(7-5-23)37(34,35)31-14-11-22(16-31)26-17-30(18-28(32)33)27-15-21(3-8-25(26)27)20-9-12-29-13-10-20/h3-10,12-13,15,17,19,22H,11,14,16,18H2,1-2H3,(H,32,33). The number of aliphatic carboxylic acids is 1. The van der Waals surface area contributed by atoms with Crippen molar-refractivity contribution in [2.45, 2.75) is 43.7 Å². The average Bonchev–Trinajstić information content (AvgIpc) is 3.50. The quantitative estimate of drug-likeness (QED) is 0.360.